The van der Waals surface area contributed by atoms with E-state index in [9.17, 15) is 0 Å². The lowest BCUT2D eigenvalue weighted by Gasteiger charge is -2.25. The smallest absolute Gasteiger partial charge is 0.0311 e. The highest BCUT2D eigenvalue weighted by Crippen LogP contribution is 2.07. The Kier molecular flexibility index (Phi) is 2.75. The summed E-state index contributed by atoms with van der Waals surface area (Å²) in [7, 11) is 0. The lowest BCUT2D eigenvalue weighted by molar-refractivity contribution is 0.415. The van der Waals surface area contributed by atoms with Gasteiger partial charge in [-0.15, -0.1) is 0 Å². The molecule has 0 bridgehead atoms. The largest absolute Gasteiger partial charge is 0.384 e. The lowest BCUT2D eigenvalue weighted by Crippen LogP contribution is -2.36. The molecule has 0 aliphatic heterocycles. The summed E-state index contributed by atoms with van der Waals surface area (Å²) in [4.78, 5) is 0. The Hall–Kier alpha value is -0.460. The molecule has 0 aliphatic rings. The molecule has 0 radical (unpaired) electrons. The van der Waals surface area contributed by atoms with Crippen molar-refractivity contribution in [1.82, 2.24) is 5.32 Å². The summed E-state index contributed by atoms with van der Waals surface area (Å²) in [5.74, 6) is 0. The Bertz CT molecular complexity index is 103. The Labute approximate surface area is 58.2 Å². The average molecular weight is 127 g/mol. The zero-order valence-corrected chi connectivity index (χ0v) is 6.91. The molecule has 0 aromatic carbocycles. The molecule has 0 fully saturated rings. The van der Waals surface area contributed by atoms with E-state index < -0.39 is 0 Å². The molecular weight excluding hydrogens is 110 g/mol. The van der Waals surface area contributed by atoms with Crippen molar-refractivity contribution < 1.29 is 0 Å². The molecule has 0 aromatic rings. The molecule has 0 spiro atoms. The Morgan fingerprint density at radius 2 is 2.00 bits per heavy atom. The van der Waals surface area contributed by atoms with Crippen molar-refractivity contribution in [2.75, 3.05) is 0 Å². The van der Waals surface area contributed by atoms with Gasteiger partial charge in [-0.05, 0) is 27.2 Å². The predicted molar refractivity (Wildman–Crippen MR) is 42.3 cm³/mol. The highest BCUT2D eigenvalue weighted by atomic mass is 15.0. The van der Waals surface area contributed by atoms with E-state index in [1.54, 1.807) is 0 Å². The third kappa shape index (κ3) is 4.07. The average Bonchev–Trinajstić information content (AvgIpc) is 1.63. The molecule has 1 heteroatoms. The summed E-state index contributed by atoms with van der Waals surface area (Å²) in [5, 5.41) is 3.27. The lowest BCUT2D eigenvalue weighted by atomic mass is 10.0. The zero-order valence-electron chi connectivity index (χ0n) is 6.91. The van der Waals surface area contributed by atoms with E-state index in [1.165, 1.54) is 0 Å². The molecule has 1 nitrogen and oxygen atoms in total. The molecule has 0 aliphatic carbocycles. The van der Waals surface area contributed by atoms with Crippen LogP contribution in [0, 0.1) is 0 Å². The highest BCUT2D eigenvalue weighted by Gasteiger charge is 2.12. The molecule has 0 saturated heterocycles. The van der Waals surface area contributed by atoms with Gasteiger partial charge in [0.05, 0.1) is 0 Å². The van der Waals surface area contributed by atoms with Gasteiger partial charge in [-0.1, -0.05) is 13.5 Å². The van der Waals surface area contributed by atoms with Gasteiger partial charge < -0.3 is 5.32 Å². The van der Waals surface area contributed by atoms with Crippen molar-refractivity contribution in [2.45, 2.75) is 39.7 Å². The fraction of sp³-hybridized carbons (Fsp3) is 0.750. The Morgan fingerprint density at radius 3 is 2.11 bits per heavy atom. The van der Waals surface area contributed by atoms with E-state index >= 15 is 0 Å². The van der Waals surface area contributed by atoms with Gasteiger partial charge in [-0.3, -0.25) is 0 Å². The van der Waals surface area contributed by atoms with E-state index in [4.69, 9.17) is 0 Å². The number of hydrogen-bond acceptors (Lipinski definition) is 1. The van der Waals surface area contributed by atoms with Gasteiger partial charge >= 0.3 is 0 Å². The van der Waals surface area contributed by atoms with Gasteiger partial charge in [0.1, 0.15) is 0 Å². The summed E-state index contributed by atoms with van der Waals surface area (Å²) >= 11 is 0. The summed E-state index contributed by atoms with van der Waals surface area (Å²) < 4.78 is 0. The van der Waals surface area contributed by atoms with Crippen molar-refractivity contribution in [1.29, 1.82) is 0 Å². The molecule has 54 valence electrons. The first kappa shape index (κ1) is 8.54. The van der Waals surface area contributed by atoms with Gasteiger partial charge in [0.2, 0.25) is 0 Å². The highest BCUT2D eigenvalue weighted by molar-refractivity contribution is 4.92. The van der Waals surface area contributed by atoms with Gasteiger partial charge in [-0.25, -0.2) is 0 Å². The first-order valence-electron chi connectivity index (χ1n) is 3.41. The van der Waals surface area contributed by atoms with Crippen LogP contribution in [0.1, 0.15) is 34.1 Å². The van der Waals surface area contributed by atoms with E-state index in [1.807, 2.05) is 6.92 Å². The second-order valence-corrected chi connectivity index (χ2v) is 3.14. The number of hydrogen-bond donors (Lipinski definition) is 1. The maximum Gasteiger partial charge on any atom is 0.0311 e. The molecule has 1 N–H and O–H groups in total. The Morgan fingerprint density at radius 1 is 1.56 bits per heavy atom. The first-order chi connectivity index (χ1) is 3.98. The molecule has 0 aromatic heterocycles. The quantitative estimate of drug-likeness (QED) is 0.613. The molecule has 0 rings (SSSR count). The molecule has 0 amide bonds. The number of allylic oxidation sites excluding steroid dienone is 1. The minimum atomic E-state index is 0.214. The van der Waals surface area contributed by atoms with E-state index in [0.29, 0.717) is 0 Å². The minimum Gasteiger partial charge on any atom is -0.384 e. The summed E-state index contributed by atoms with van der Waals surface area (Å²) in [5.41, 5.74) is 1.26. The minimum absolute atomic E-state index is 0.214. The van der Waals surface area contributed by atoms with Crippen molar-refractivity contribution >= 4 is 0 Å². The maximum atomic E-state index is 3.78. The number of rotatable bonds is 3. The van der Waals surface area contributed by atoms with Crippen LogP contribution in [-0.2, 0) is 0 Å². The second kappa shape index (κ2) is 2.90. The van der Waals surface area contributed by atoms with Crippen LogP contribution in [0.5, 0.6) is 0 Å². The molecular formula is C8H17N. The van der Waals surface area contributed by atoms with Crippen LogP contribution in [0.25, 0.3) is 0 Å². The van der Waals surface area contributed by atoms with E-state index in [0.717, 1.165) is 12.1 Å². The summed E-state index contributed by atoms with van der Waals surface area (Å²) in [6.45, 7) is 12.3. The van der Waals surface area contributed by atoms with Crippen LogP contribution >= 0.6 is 0 Å². The van der Waals surface area contributed by atoms with Gasteiger partial charge in [0, 0.05) is 11.2 Å². The van der Waals surface area contributed by atoms with Crippen LogP contribution in [-0.4, -0.2) is 5.54 Å². The Balaban J connectivity index is 3.71. The zero-order chi connectivity index (χ0) is 7.49. The first-order valence-corrected chi connectivity index (χ1v) is 3.41. The molecule has 0 atom stereocenters. The number of nitrogens with one attached hydrogen (secondary N) is 1. The van der Waals surface area contributed by atoms with Crippen LogP contribution < -0.4 is 5.32 Å². The topological polar surface area (TPSA) is 12.0 Å². The normalized spacial score (nSPS) is 11.1. The van der Waals surface area contributed by atoms with E-state index in [-0.39, 0.29) is 5.54 Å². The SMILES string of the molecule is C=C(C)NC(C)(C)CC. The van der Waals surface area contributed by atoms with Crippen molar-refractivity contribution in [3.8, 4) is 0 Å². The van der Waals surface area contributed by atoms with Crippen molar-refractivity contribution in [2.24, 2.45) is 0 Å². The van der Waals surface area contributed by atoms with Gasteiger partial charge in [0.25, 0.3) is 0 Å². The fourth-order valence-corrected chi connectivity index (χ4v) is 0.666. The monoisotopic (exact) mass is 127 g/mol. The van der Waals surface area contributed by atoms with Crippen molar-refractivity contribution in [3.63, 3.8) is 0 Å². The fourth-order valence-electron chi connectivity index (χ4n) is 0.666. The van der Waals surface area contributed by atoms with Crippen LogP contribution in [0.4, 0.5) is 0 Å². The van der Waals surface area contributed by atoms with Crippen LogP contribution in [0.2, 0.25) is 0 Å². The van der Waals surface area contributed by atoms with Crippen LogP contribution in [0.3, 0.4) is 0 Å². The third-order valence-corrected chi connectivity index (χ3v) is 1.44. The predicted octanol–water partition coefficient (Wildman–Crippen LogP) is 2.30. The molecule has 9 heavy (non-hydrogen) atoms. The molecule has 0 heterocycles. The van der Waals surface area contributed by atoms with E-state index in [2.05, 4.69) is 32.7 Å². The molecule has 0 saturated carbocycles. The van der Waals surface area contributed by atoms with Gasteiger partial charge in [-0.2, -0.15) is 0 Å². The summed E-state index contributed by atoms with van der Waals surface area (Å²) in [6.07, 6.45) is 1.12. The maximum absolute atomic E-state index is 3.78. The van der Waals surface area contributed by atoms with Crippen LogP contribution in [0.15, 0.2) is 12.3 Å². The third-order valence-electron chi connectivity index (χ3n) is 1.44. The van der Waals surface area contributed by atoms with Gasteiger partial charge in [0.15, 0.2) is 0 Å². The summed E-state index contributed by atoms with van der Waals surface area (Å²) in [6, 6.07) is 0. The second-order valence-electron chi connectivity index (χ2n) is 3.14. The standard InChI is InChI=1S/C8H17N/c1-6-8(4,5)9-7(2)3/h9H,2,6H2,1,3-5H3. The molecule has 0 unspecified atom stereocenters. The van der Waals surface area contributed by atoms with Crippen molar-refractivity contribution in [3.05, 3.63) is 12.3 Å².